The van der Waals surface area contributed by atoms with E-state index in [1.807, 2.05) is 26.8 Å². The second-order valence-corrected chi connectivity index (χ2v) is 11.0. The van der Waals surface area contributed by atoms with Crippen molar-refractivity contribution in [2.75, 3.05) is 23.8 Å². The first-order valence-corrected chi connectivity index (χ1v) is 13.2. The molecule has 8 nitrogen and oxygen atoms in total. The van der Waals surface area contributed by atoms with Crippen LogP contribution >= 0.6 is 11.3 Å². The lowest BCUT2D eigenvalue weighted by molar-refractivity contribution is -0.214. The SMILES string of the molecule is CCO[C@@H](CNc1nc(C)c(-c2nc3c(C)nccc3s2)c(N[C@H]2CC[C@@H](C(C)(C)O)C2)n1)C(F)(F)F. The van der Waals surface area contributed by atoms with Gasteiger partial charge < -0.3 is 20.5 Å². The van der Waals surface area contributed by atoms with Crippen LogP contribution in [0.5, 0.6) is 0 Å². The third kappa shape index (κ3) is 6.29. The number of ether oxygens (including phenoxy) is 1. The van der Waals surface area contributed by atoms with E-state index in [2.05, 4.69) is 25.6 Å². The van der Waals surface area contributed by atoms with Gasteiger partial charge >= 0.3 is 6.18 Å². The van der Waals surface area contributed by atoms with E-state index in [0.717, 1.165) is 35.2 Å². The predicted octanol–water partition coefficient (Wildman–Crippen LogP) is 5.50. The molecule has 3 heterocycles. The Morgan fingerprint density at radius 3 is 2.54 bits per heavy atom. The molecule has 1 saturated carbocycles. The molecule has 1 aliphatic carbocycles. The Labute approximate surface area is 218 Å². The largest absolute Gasteiger partial charge is 0.416 e. The molecule has 1 fully saturated rings. The fourth-order valence-corrected chi connectivity index (χ4v) is 5.81. The third-order valence-electron chi connectivity index (χ3n) is 6.75. The monoisotopic (exact) mass is 538 g/mol. The van der Waals surface area contributed by atoms with Gasteiger partial charge in [0.15, 0.2) is 6.10 Å². The maximum absolute atomic E-state index is 13.3. The van der Waals surface area contributed by atoms with Gasteiger partial charge in [-0.05, 0) is 65.9 Å². The molecule has 202 valence electrons. The van der Waals surface area contributed by atoms with Gasteiger partial charge in [0.1, 0.15) is 16.3 Å². The first-order valence-electron chi connectivity index (χ1n) is 12.4. The number of hydrogen-bond acceptors (Lipinski definition) is 9. The first kappa shape index (κ1) is 27.5. The Kier molecular flexibility index (Phi) is 7.91. The Bertz CT molecular complexity index is 1240. The highest BCUT2D eigenvalue weighted by molar-refractivity contribution is 7.21. The number of aryl methyl sites for hydroxylation is 2. The Hall–Kier alpha value is -2.57. The van der Waals surface area contributed by atoms with Crippen LogP contribution < -0.4 is 10.6 Å². The number of aromatic nitrogens is 4. The maximum Gasteiger partial charge on any atom is 0.416 e. The number of nitrogens with zero attached hydrogens (tertiary/aromatic N) is 4. The lowest BCUT2D eigenvalue weighted by Crippen LogP contribution is -2.38. The number of rotatable bonds is 9. The molecule has 3 aromatic heterocycles. The van der Waals surface area contributed by atoms with Gasteiger partial charge in [-0.25, -0.2) is 9.97 Å². The quantitative estimate of drug-likeness (QED) is 0.328. The zero-order chi connectivity index (χ0) is 27.0. The first-order chi connectivity index (χ1) is 17.4. The highest BCUT2D eigenvalue weighted by atomic mass is 32.1. The van der Waals surface area contributed by atoms with Gasteiger partial charge in [0.2, 0.25) is 5.95 Å². The molecule has 0 spiro atoms. The number of alkyl halides is 3. The summed E-state index contributed by atoms with van der Waals surface area (Å²) in [5.41, 5.74) is 2.10. The van der Waals surface area contributed by atoms with Crippen LogP contribution in [0.3, 0.4) is 0 Å². The van der Waals surface area contributed by atoms with E-state index in [9.17, 15) is 18.3 Å². The normalized spacial score (nSPS) is 19.4. The van der Waals surface area contributed by atoms with Crippen molar-refractivity contribution < 1.29 is 23.0 Å². The van der Waals surface area contributed by atoms with Crippen molar-refractivity contribution in [3.8, 4) is 10.6 Å². The van der Waals surface area contributed by atoms with Gasteiger partial charge in [-0.1, -0.05) is 0 Å². The standard InChI is InChI=1S/C25H33F3N6O2S/c1-6-36-18(25(26,27)28)12-30-23-31-13(2)19(22-33-20-14(3)29-10-9-17(20)37-22)21(34-23)32-16-8-7-15(11-16)24(4,5)35/h9-10,15-16,18,35H,6-8,11-12H2,1-5H3,(H2,30,31,32,34)/t15-,16+,18+/m1/s1. The number of aliphatic hydroxyl groups is 1. The van der Waals surface area contributed by atoms with Crippen LogP contribution in [0.25, 0.3) is 20.8 Å². The fraction of sp³-hybridized carbons (Fsp3) is 0.600. The molecular weight excluding hydrogens is 505 g/mol. The smallest absolute Gasteiger partial charge is 0.390 e. The maximum atomic E-state index is 13.3. The summed E-state index contributed by atoms with van der Waals surface area (Å²) in [6.45, 7) is 8.27. The minimum Gasteiger partial charge on any atom is -0.390 e. The molecule has 37 heavy (non-hydrogen) atoms. The Balaban J connectivity index is 1.69. The molecule has 3 N–H and O–H groups in total. The van der Waals surface area contributed by atoms with Gasteiger partial charge in [-0.15, -0.1) is 11.3 Å². The molecule has 0 bridgehead atoms. The molecule has 3 aromatic rings. The molecule has 0 aromatic carbocycles. The minimum absolute atomic E-state index is 0.0430. The number of halogens is 3. The summed E-state index contributed by atoms with van der Waals surface area (Å²) >= 11 is 1.49. The molecule has 1 aliphatic rings. The van der Waals surface area contributed by atoms with E-state index in [1.165, 1.54) is 18.3 Å². The van der Waals surface area contributed by atoms with Crippen molar-refractivity contribution in [2.45, 2.75) is 77.8 Å². The van der Waals surface area contributed by atoms with Gasteiger partial charge in [0, 0.05) is 18.8 Å². The third-order valence-corrected chi connectivity index (χ3v) is 7.78. The van der Waals surface area contributed by atoms with Gasteiger partial charge in [0.25, 0.3) is 0 Å². The van der Waals surface area contributed by atoms with Crippen LogP contribution in [0.1, 0.15) is 51.4 Å². The van der Waals surface area contributed by atoms with Crippen LogP contribution in [0.4, 0.5) is 24.9 Å². The van der Waals surface area contributed by atoms with E-state index in [1.54, 1.807) is 13.1 Å². The summed E-state index contributed by atoms with van der Waals surface area (Å²) < 4.78 is 45.9. The van der Waals surface area contributed by atoms with Crippen LogP contribution in [0.2, 0.25) is 0 Å². The molecule has 0 radical (unpaired) electrons. The van der Waals surface area contributed by atoms with Crippen molar-refractivity contribution in [3.05, 3.63) is 23.7 Å². The van der Waals surface area contributed by atoms with Crippen LogP contribution in [0, 0.1) is 19.8 Å². The van der Waals surface area contributed by atoms with Crippen molar-refractivity contribution in [3.63, 3.8) is 0 Å². The fourth-order valence-electron chi connectivity index (χ4n) is 4.70. The molecule has 0 aliphatic heterocycles. The number of hydrogen-bond donors (Lipinski definition) is 3. The molecular formula is C25H33F3N6O2S. The summed E-state index contributed by atoms with van der Waals surface area (Å²) in [6, 6.07) is 1.94. The zero-order valence-electron chi connectivity index (χ0n) is 21.6. The number of anilines is 2. The number of pyridine rings is 1. The van der Waals surface area contributed by atoms with Gasteiger partial charge in [0.05, 0.1) is 33.8 Å². The molecule has 3 atom stereocenters. The van der Waals surface area contributed by atoms with Crippen LogP contribution in [-0.2, 0) is 4.74 Å². The van der Waals surface area contributed by atoms with Crippen LogP contribution in [0.15, 0.2) is 12.3 Å². The average molecular weight is 539 g/mol. The number of nitrogens with one attached hydrogen (secondary N) is 2. The topological polar surface area (TPSA) is 105 Å². The van der Waals surface area contributed by atoms with E-state index < -0.39 is 24.4 Å². The molecule has 12 heteroatoms. The molecule has 0 unspecified atom stereocenters. The lowest BCUT2D eigenvalue weighted by Gasteiger charge is -2.26. The second kappa shape index (κ2) is 10.7. The van der Waals surface area contributed by atoms with Gasteiger partial charge in [-0.2, -0.15) is 18.2 Å². The van der Waals surface area contributed by atoms with E-state index in [0.29, 0.717) is 22.1 Å². The van der Waals surface area contributed by atoms with Crippen molar-refractivity contribution in [1.29, 1.82) is 0 Å². The highest BCUT2D eigenvalue weighted by Gasteiger charge is 2.40. The number of fused-ring (bicyclic) bond motifs is 1. The lowest BCUT2D eigenvalue weighted by atomic mass is 9.89. The molecule has 0 saturated heterocycles. The summed E-state index contributed by atoms with van der Waals surface area (Å²) in [7, 11) is 0. The van der Waals surface area contributed by atoms with E-state index in [-0.39, 0.29) is 24.5 Å². The molecule has 4 rings (SSSR count). The summed E-state index contributed by atoms with van der Waals surface area (Å²) in [4.78, 5) is 18.2. The van der Waals surface area contributed by atoms with Crippen molar-refractivity contribution in [1.82, 2.24) is 19.9 Å². The van der Waals surface area contributed by atoms with Crippen molar-refractivity contribution in [2.24, 2.45) is 5.92 Å². The summed E-state index contributed by atoms with van der Waals surface area (Å²) in [6.07, 6.45) is -2.30. The summed E-state index contributed by atoms with van der Waals surface area (Å²) in [5, 5.41) is 17.4. The second-order valence-electron chi connectivity index (χ2n) is 9.99. The van der Waals surface area contributed by atoms with Gasteiger partial charge in [-0.3, -0.25) is 4.98 Å². The summed E-state index contributed by atoms with van der Waals surface area (Å²) in [5.74, 6) is 0.707. The average Bonchev–Trinajstić information content (AvgIpc) is 3.43. The highest BCUT2D eigenvalue weighted by Crippen LogP contribution is 2.40. The van der Waals surface area contributed by atoms with Crippen LogP contribution in [-0.4, -0.2) is 62.1 Å². The Morgan fingerprint density at radius 2 is 1.92 bits per heavy atom. The zero-order valence-corrected chi connectivity index (χ0v) is 22.4. The number of thiazole rings is 1. The van der Waals surface area contributed by atoms with Crippen molar-refractivity contribution >= 4 is 33.3 Å². The van der Waals surface area contributed by atoms with E-state index >= 15 is 0 Å². The molecule has 0 amide bonds. The predicted molar refractivity (Wildman–Crippen MR) is 139 cm³/mol. The minimum atomic E-state index is -4.51. The Morgan fingerprint density at radius 1 is 1.16 bits per heavy atom. The van der Waals surface area contributed by atoms with E-state index in [4.69, 9.17) is 9.72 Å².